The van der Waals surface area contributed by atoms with Crippen molar-refractivity contribution >= 4 is 17.9 Å². The highest BCUT2D eigenvalue weighted by Crippen LogP contribution is 2.37. The summed E-state index contributed by atoms with van der Waals surface area (Å²) < 4.78 is 5.45. The first kappa shape index (κ1) is 32.0. The lowest BCUT2D eigenvalue weighted by Gasteiger charge is -2.37. The normalized spacial score (nSPS) is 12.8. The van der Waals surface area contributed by atoms with Crippen LogP contribution in [0.25, 0.3) is 0 Å². The minimum atomic E-state index is -1.18. The fourth-order valence-corrected chi connectivity index (χ4v) is 5.25. The molecule has 0 heterocycles. The van der Waals surface area contributed by atoms with Gasteiger partial charge in [0.15, 0.2) is 0 Å². The van der Waals surface area contributed by atoms with E-state index in [1.165, 1.54) is 0 Å². The monoisotopic (exact) mass is 591 g/mol. The van der Waals surface area contributed by atoms with Crippen LogP contribution < -0.4 is 16.0 Å². The third-order valence-electron chi connectivity index (χ3n) is 7.12. The van der Waals surface area contributed by atoms with E-state index in [1.807, 2.05) is 128 Å². The second kappa shape index (κ2) is 14.5. The molecular weight excluding hydrogens is 550 g/mol. The van der Waals surface area contributed by atoms with E-state index in [4.69, 9.17) is 4.74 Å². The SMILES string of the molecule is CC(Cc1ccccc1)NC(=O)[C@@H](CC(=O)NC(c1ccccc1)(c1ccccc1)c1ccccc1)NC(=O)OC(C)(C)C. The standard InChI is InChI=1S/C37H41N3O4/c1-27(25-28-17-9-5-10-18-28)38-34(42)32(39-35(43)44-36(2,3)4)26-33(41)40-37(29-19-11-6-12-20-29,30-21-13-7-14-22-30)31-23-15-8-16-24-31/h5-24,27,32H,25-26H2,1-4H3,(H,38,42)(H,39,43)(H,40,41)/t27?,32-/m1/s1. The largest absolute Gasteiger partial charge is 0.444 e. The van der Waals surface area contributed by atoms with Crippen molar-refractivity contribution in [2.24, 2.45) is 0 Å². The number of hydrogen-bond donors (Lipinski definition) is 3. The zero-order chi connectivity index (χ0) is 31.6. The van der Waals surface area contributed by atoms with E-state index in [2.05, 4.69) is 16.0 Å². The minimum absolute atomic E-state index is 0.243. The Morgan fingerprint density at radius 2 is 1.09 bits per heavy atom. The van der Waals surface area contributed by atoms with Crippen LogP contribution in [-0.2, 0) is 26.3 Å². The first-order chi connectivity index (χ1) is 21.1. The molecule has 3 amide bonds. The third kappa shape index (κ3) is 8.57. The topological polar surface area (TPSA) is 96.5 Å². The van der Waals surface area contributed by atoms with Crippen molar-refractivity contribution in [3.05, 3.63) is 144 Å². The van der Waals surface area contributed by atoms with Gasteiger partial charge in [0.2, 0.25) is 11.8 Å². The summed E-state index contributed by atoms with van der Waals surface area (Å²) in [6, 6.07) is 37.5. The van der Waals surface area contributed by atoms with Crippen molar-refractivity contribution in [2.75, 3.05) is 0 Å². The molecule has 0 saturated heterocycles. The number of ether oxygens (including phenoxy) is 1. The highest BCUT2D eigenvalue weighted by Gasteiger charge is 2.39. The molecule has 4 rings (SSSR count). The molecule has 0 fully saturated rings. The fraction of sp³-hybridized carbons (Fsp3) is 0.270. The van der Waals surface area contributed by atoms with E-state index >= 15 is 0 Å². The molecule has 2 atom stereocenters. The Balaban J connectivity index is 1.65. The summed E-state index contributed by atoms with van der Waals surface area (Å²) in [5, 5.41) is 8.88. The van der Waals surface area contributed by atoms with Crippen molar-refractivity contribution < 1.29 is 19.1 Å². The number of nitrogens with one attached hydrogen (secondary N) is 3. The molecule has 228 valence electrons. The van der Waals surface area contributed by atoms with Crippen molar-refractivity contribution in [1.82, 2.24) is 16.0 Å². The highest BCUT2D eigenvalue weighted by molar-refractivity contribution is 5.91. The molecule has 7 heteroatoms. The molecule has 0 aromatic heterocycles. The van der Waals surface area contributed by atoms with E-state index in [0.29, 0.717) is 6.42 Å². The number of amides is 3. The molecule has 0 aliphatic carbocycles. The Morgan fingerprint density at radius 3 is 1.52 bits per heavy atom. The molecule has 4 aromatic rings. The van der Waals surface area contributed by atoms with Gasteiger partial charge in [-0.25, -0.2) is 4.79 Å². The van der Waals surface area contributed by atoms with E-state index in [9.17, 15) is 14.4 Å². The summed E-state index contributed by atoms with van der Waals surface area (Å²) in [5.41, 5.74) is 1.77. The van der Waals surface area contributed by atoms with Gasteiger partial charge >= 0.3 is 6.09 Å². The van der Waals surface area contributed by atoms with Crippen LogP contribution in [0.4, 0.5) is 4.79 Å². The first-order valence-corrected chi connectivity index (χ1v) is 14.9. The molecule has 0 aliphatic rings. The average Bonchev–Trinajstić information content (AvgIpc) is 3.00. The maximum atomic E-state index is 14.1. The summed E-state index contributed by atoms with van der Waals surface area (Å²) in [7, 11) is 0. The van der Waals surface area contributed by atoms with Crippen molar-refractivity contribution in [3.63, 3.8) is 0 Å². The van der Waals surface area contributed by atoms with E-state index < -0.39 is 35.1 Å². The second-order valence-electron chi connectivity index (χ2n) is 11.9. The van der Waals surface area contributed by atoms with Crippen LogP contribution in [0, 0.1) is 0 Å². The van der Waals surface area contributed by atoms with Crippen molar-refractivity contribution in [3.8, 4) is 0 Å². The van der Waals surface area contributed by atoms with Gasteiger partial charge in [0.05, 0.1) is 6.42 Å². The minimum Gasteiger partial charge on any atom is -0.444 e. The van der Waals surface area contributed by atoms with Crippen LogP contribution >= 0.6 is 0 Å². The van der Waals surface area contributed by atoms with Gasteiger partial charge in [0.25, 0.3) is 0 Å². The quantitative estimate of drug-likeness (QED) is 0.183. The molecule has 0 bridgehead atoms. The Hall–Kier alpha value is -4.91. The molecule has 0 radical (unpaired) electrons. The van der Waals surface area contributed by atoms with Gasteiger partial charge in [0, 0.05) is 6.04 Å². The maximum Gasteiger partial charge on any atom is 0.408 e. The molecule has 3 N–H and O–H groups in total. The summed E-state index contributed by atoms with van der Waals surface area (Å²) in [6.45, 7) is 7.11. The third-order valence-corrected chi connectivity index (χ3v) is 7.12. The molecule has 7 nitrogen and oxygen atoms in total. The summed E-state index contributed by atoms with van der Waals surface area (Å²) in [5.74, 6) is -0.896. The Bertz CT molecular complexity index is 1410. The van der Waals surface area contributed by atoms with Crippen molar-refractivity contribution in [1.29, 1.82) is 0 Å². The van der Waals surface area contributed by atoms with Crippen LogP contribution in [0.3, 0.4) is 0 Å². The molecule has 1 unspecified atom stereocenters. The lowest BCUT2D eigenvalue weighted by atomic mass is 9.77. The molecule has 0 aliphatic heterocycles. The van der Waals surface area contributed by atoms with Gasteiger partial charge in [-0.1, -0.05) is 121 Å². The predicted molar refractivity (Wildman–Crippen MR) is 173 cm³/mol. The predicted octanol–water partition coefficient (Wildman–Crippen LogP) is 6.13. The average molecular weight is 592 g/mol. The maximum absolute atomic E-state index is 14.1. The highest BCUT2D eigenvalue weighted by atomic mass is 16.6. The number of carbonyl (C=O) groups excluding carboxylic acids is 3. The summed E-state index contributed by atoms with van der Waals surface area (Å²) >= 11 is 0. The number of hydrogen-bond acceptors (Lipinski definition) is 4. The lowest BCUT2D eigenvalue weighted by Crippen LogP contribution is -2.54. The summed E-state index contributed by atoms with van der Waals surface area (Å²) in [4.78, 5) is 40.5. The number of alkyl carbamates (subject to hydrolysis) is 1. The molecule has 44 heavy (non-hydrogen) atoms. The van der Waals surface area contributed by atoms with Gasteiger partial charge in [-0.15, -0.1) is 0 Å². The zero-order valence-corrected chi connectivity index (χ0v) is 25.7. The Labute approximate surface area is 260 Å². The lowest BCUT2D eigenvalue weighted by molar-refractivity contribution is -0.129. The van der Waals surface area contributed by atoms with Gasteiger partial charge in [-0.05, 0) is 56.4 Å². The fourth-order valence-electron chi connectivity index (χ4n) is 5.25. The smallest absolute Gasteiger partial charge is 0.408 e. The first-order valence-electron chi connectivity index (χ1n) is 14.9. The van der Waals surface area contributed by atoms with Crippen LogP contribution in [0.1, 0.15) is 56.4 Å². The Kier molecular flexibility index (Phi) is 10.6. The van der Waals surface area contributed by atoms with E-state index in [0.717, 1.165) is 22.3 Å². The van der Waals surface area contributed by atoms with E-state index in [-0.39, 0.29) is 12.5 Å². The Morgan fingerprint density at radius 1 is 0.659 bits per heavy atom. The molecule has 4 aromatic carbocycles. The van der Waals surface area contributed by atoms with Crippen LogP contribution in [-0.4, -0.2) is 35.6 Å². The zero-order valence-electron chi connectivity index (χ0n) is 25.7. The van der Waals surface area contributed by atoms with Gasteiger partial charge in [-0.2, -0.15) is 0 Å². The molecule has 0 saturated carbocycles. The molecular formula is C37H41N3O4. The number of carbonyl (C=O) groups is 3. The van der Waals surface area contributed by atoms with Crippen molar-refractivity contribution in [2.45, 2.75) is 63.8 Å². The molecule has 0 spiro atoms. The van der Waals surface area contributed by atoms with E-state index in [1.54, 1.807) is 20.8 Å². The van der Waals surface area contributed by atoms with Gasteiger partial charge in [0.1, 0.15) is 17.2 Å². The van der Waals surface area contributed by atoms with Gasteiger partial charge in [-0.3, -0.25) is 9.59 Å². The van der Waals surface area contributed by atoms with Crippen LogP contribution in [0.5, 0.6) is 0 Å². The number of rotatable bonds is 11. The van der Waals surface area contributed by atoms with Crippen LogP contribution in [0.15, 0.2) is 121 Å². The number of benzene rings is 4. The van der Waals surface area contributed by atoms with Crippen LogP contribution in [0.2, 0.25) is 0 Å². The summed E-state index contributed by atoms with van der Waals surface area (Å²) in [6.07, 6.45) is -0.490. The van der Waals surface area contributed by atoms with Gasteiger partial charge < -0.3 is 20.7 Å². The second-order valence-corrected chi connectivity index (χ2v) is 11.9.